The molecular formula is C27H39N3O5S. The number of amides is 3. The summed E-state index contributed by atoms with van der Waals surface area (Å²) in [7, 11) is 0. The van der Waals surface area contributed by atoms with E-state index in [1.807, 2.05) is 39.8 Å². The maximum atomic E-state index is 13.9. The summed E-state index contributed by atoms with van der Waals surface area (Å²) in [6, 6.07) is 6.60. The summed E-state index contributed by atoms with van der Waals surface area (Å²) in [4.78, 5) is 43.0. The molecule has 3 fully saturated rings. The summed E-state index contributed by atoms with van der Waals surface area (Å²) < 4.78 is 4.43. The Morgan fingerprint density at radius 3 is 2.47 bits per heavy atom. The van der Waals surface area contributed by atoms with Crippen molar-refractivity contribution in [2.24, 2.45) is 11.8 Å². The van der Waals surface area contributed by atoms with Crippen molar-refractivity contribution >= 4 is 35.2 Å². The number of nitrogens with zero attached hydrogens (tertiary/aromatic N) is 1. The van der Waals surface area contributed by atoms with E-state index in [9.17, 15) is 19.5 Å². The number of unbranched alkanes of at least 4 members (excludes halogenated alkanes) is 1. The fourth-order valence-electron chi connectivity index (χ4n) is 6.22. The lowest BCUT2D eigenvalue weighted by Crippen LogP contribution is -2.57. The average Bonchev–Trinajstić information content (AvgIpc) is 3.35. The molecule has 3 aliphatic heterocycles. The molecule has 0 aromatic heterocycles. The maximum absolute atomic E-state index is 13.9. The molecule has 0 aliphatic carbocycles. The Morgan fingerprint density at radius 1 is 1.17 bits per heavy atom. The summed E-state index contributed by atoms with van der Waals surface area (Å²) in [5, 5.41) is 15.4. The third-order valence-electron chi connectivity index (χ3n) is 7.55. The second kappa shape index (κ2) is 9.89. The van der Waals surface area contributed by atoms with E-state index in [-0.39, 0.29) is 24.3 Å². The molecule has 1 aromatic rings. The largest absolute Gasteiger partial charge is 0.494 e. The minimum absolute atomic E-state index is 0.0371. The van der Waals surface area contributed by atoms with Gasteiger partial charge in [0.1, 0.15) is 11.8 Å². The van der Waals surface area contributed by atoms with Gasteiger partial charge in [-0.15, -0.1) is 11.8 Å². The van der Waals surface area contributed by atoms with E-state index >= 15 is 0 Å². The van der Waals surface area contributed by atoms with Crippen molar-refractivity contribution in [3.63, 3.8) is 0 Å². The molecular weight excluding hydrogens is 478 g/mol. The molecule has 1 spiro atoms. The van der Waals surface area contributed by atoms with Crippen LogP contribution in [0.1, 0.15) is 60.3 Å². The van der Waals surface area contributed by atoms with Crippen LogP contribution in [0.5, 0.6) is 5.75 Å². The molecule has 0 saturated carbocycles. The van der Waals surface area contributed by atoms with Gasteiger partial charge in [-0.1, -0.05) is 0 Å². The lowest BCUT2D eigenvalue weighted by atomic mass is 9.66. The fourth-order valence-corrected chi connectivity index (χ4v) is 8.58. The first-order valence-electron chi connectivity index (χ1n) is 12.9. The Kier molecular flexibility index (Phi) is 7.36. The van der Waals surface area contributed by atoms with Crippen molar-refractivity contribution in [2.75, 3.05) is 25.1 Å². The zero-order valence-corrected chi connectivity index (χ0v) is 22.7. The van der Waals surface area contributed by atoms with Gasteiger partial charge in [0.25, 0.3) is 0 Å². The molecule has 3 heterocycles. The summed E-state index contributed by atoms with van der Waals surface area (Å²) >= 11 is 1.66. The highest BCUT2D eigenvalue weighted by molar-refractivity contribution is 8.02. The smallest absolute Gasteiger partial charge is 0.244 e. The third-order valence-corrected chi connectivity index (χ3v) is 9.53. The van der Waals surface area contributed by atoms with Crippen LogP contribution in [0.2, 0.25) is 0 Å². The number of ether oxygens (including phenoxy) is 1. The van der Waals surface area contributed by atoms with Gasteiger partial charge < -0.3 is 25.4 Å². The van der Waals surface area contributed by atoms with Gasteiger partial charge in [-0.2, -0.15) is 0 Å². The van der Waals surface area contributed by atoms with Gasteiger partial charge >= 0.3 is 0 Å². The Hall–Kier alpha value is -2.26. The van der Waals surface area contributed by atoms with Crippen LogP contribution >= 0.6 is 11.8 Å². The van der Waals surface area contributed by atoms with Crippen molar-refractivity contribution in [3.05, 3.63) is 24.3 Å². The second-order valence-electron chi connectivity index (χ2n) is 11.4. The van der Waals surface area contributed by atoms with Crippen molar-refractivity contribution in [1.29, 1.82) is 0 Å². The number of likely N-dealkylation sites (tertiary alicyclic amines) is 1. The average molecular weight is 518 g/mol. The first-order valence-corrected chi connectivity index (χ1v) is 13.7. The molecule has 3 amide bonds. The fraction of sp³-hybridized carbons (Fsp3) is 0.667. The first kappa shape index (κ1) is 26.8. The van der Waals surface area contributed by atoms with Crippen LogP contribution < -0.4 is 15.4 Å². The molecule has 198 valence electrons. The molecule has 5 atom stereocenters. The molecule has 2 unspecified atom stereocenters. The zero-order chi connectivity index (χ0) is 26.3. The molecule has 0 radical (unpaired) electrons. The molecule has 2 bridgehead atoms. The van der Waals surface area contributed by atoms with Crippen molar-refractivity contribution in [2.45, 2.75) is 81.4 Å². The number of rotatable bonds is 9. The van der Waals surface area contributed by atoms with Gasteiger partial charge in [-0.05, 0) is 84.6 Å². The van der Waals surface area contributed by atoms with Crippen LogP contribution in [0.3, 0.4) is 0 Å². The highest BCUT2D eigenvalue weighted by Crippen LogP contribution is 2.71. The number of carbonyl (C=O) groups excluding carboxylic acids is 3. The molecule has 9 heteroatoms. The number of hydrogen-bond donors (Lipinski definition) is 3. The topological polar surface area (TPSA) is 108 Å². The van der Waals surface area contributed by atoms with Crippen molar-refractivity contribution in [3.8, 4) is 5.75 Å². The number of anilines is 1. The Bertz CT molecular complexity index is 1010. The van der Waals surface area contributed by atoms with E-state index < -0.39 is 32.9 Å². The summed E-state index contributed by atoms with van der Waals surface area (Å²) in [5.41, 5.74) is 0.211. The Labute approximate surface area is 217 Å². The number of hydrogen-bond acceptors (Lipinski definition) is 6. The summed E-state index contributed by atoms with van der Waals surface area (Å²) in [5.74, 6) is -0.830. The SMILES string of the molecule is CCOc1ccc(NC(=O)[C@@H]2[C@H]3C(=O)N(CCCCO)C(C(=O)NC(C)(C)C)C34CC[C@@]2(C)S4)cc1. The standard InChI is InChI=1S/C27H39N3O5S/c1-6-35-18-11-9-17(10-12-18)28-22(32)19-20-24(34)30(15-7-8-16-31)21(23(33)29-25(2,3)4)27(20)14-13-26(19,5)36-27/h9-12,19-21,31H,6-8,13-16H2,1-5H3,(H,28,32)(H,29,33)/t19-,20-,21?,26+,27?/m0/s1. The van der Waals surface area contributed by atoms with E-state index in [0.29, 0.717) is 31.7 Å². The third kappa shape index (κ3) is 4.72. The van der Waals surface area contributed by atoms with Crippen LogP contribution in [0.15, 0.2) is 24.3 Å². The number of carbonyl (C=O) groups is 3. The lowest BCUT2D eigenvalue weighted by molar-refractivity contribution is -0.140. The van der Waals surface area contributed by atoms with Crippen molar-refractivity contribution in [1.82, 2.24) is 10.2 Å². The minimum atomic E-state index is -0.638. The van der Waals surface area contributed by atoms with Crippen LogP contribution in [0.25, 0.3) is 0 Å². The van der Waals surface area contributed by atoms with E-state index in [2.05, 4.69) is 17.6 Å². The van der Waals surface area contributed by atoms with Gasteiger partial charge in [0.2, 0.25) is 17.7 Å². The Morgan fingerprint density at radius 2 is 1.86 bits per heavy atom. The lowest BCUT2D eigenvalue weighted by Gasteiger charge is -2.36. The number of aliphatic hydroxyl groups excluding tert-OH is 1. The highest BCUT2D eigenvalue weighted by Gasteiger charge is 2.77. The quantitative estimate of drug-likeness (QED) is 0.434. The first-order chi connectivity index (χ1) is 17.0. The molecule has 4 rings (SSSR count). The predicted octanol–water partition coefficient (Wildman–Crippen LogP) is 3.19. The van der Waals surface area contributed by atoms with Crippen LogP contribution in [-0.4, -0.2) is 68.6 Å². The zero-order valence-electron chi connectivity index (χ0n) is 21.9. The van der Waals surface area contributed by atoms with Gasteiger partial charge in [0.15, 0.2) is 0 Å². The van der Waals surface area contributed by atoms with Crippen molar-refractivity contribution < 1.29 is 24.2 Å². The molecule has 1 aromatic carbocycles. The predicted molar refractivity (Wildman–Crippen MR) is 141 cm³/mol. The molecule has 3 aliphatic rings. The highest BCUT2D eigenvalue weighted by atomic mass is 32.2. The monoisotopic (exact) mass is 517 g/mol. The van der Waals surface area contributed by atoms with Gasteiger partial charge in [0, 0.05) is 29.1 Å². The number of benzene rings is 1. The molecule has 3 N–H and O–H groups in total. The number of thioether (sulfide) groups is 1. The van der Waals surface area contributed by atoms with Crippen LogP contribution in [-0.2, 0) is 14.4 Å². The number of fused-ring (bicyclic) bond motifs is 1. The van der Waals surface area contributed by atoms with E-state index in [4.69, 9.17) is 4.74 Å². The second-order valence-corrected chi connectivity index (χ2v) is 13.3. The Balaban J connectivity index is 1.64. The molecule has 36 heavy (non-hydrogen) atoms. The molecule has 8 nitrogen and oxygen atoms in total. The van der Waals surface area contributed by atoms with E-state index in [1.54, 1.807) is 28.8 Å². The maximum Gasteiger partial charge on any atom is 0.244 e. The van der Waals surface area contributed by atoms with Gasteiger partial charge in [0.05, 0.1) is 23.2 Å². The number of nitrogens with one attached hydrogen (secondary N) is 2. The number of aliphatic hydroxyl groups is 1. The minimum Gasteiger partial charge on any atom is -0.494 e. The van der Waals surface area contributed by atoms with Gasteiger partial charge in [-0.3, -0.25) is 14.4 Å². The summed E-state index contributed by atoms with van der Waals surface area (Å²) in [6.45, 7) is 10.8. The summed E-state index contributed by atoms with van der Waals surface area (Å²) in [6.07, 6.45) is 2.65. The van der Waals surface area contributed by atoms with E-state index in [1.165, 1.54) is 0 Å². The normalized spacial score (nSPS) is 30.9. The van der Waals surface area contributed by atoms with Crippen LogP contribution in [0.4, 0.5) is 5.69 Å². The van der Waals surface area contributed by atoms with Gasteiger partial charge in [-0.25, -0.2) is 0 Å². The van der Waals surface area contributed by atoms with E-state index in [0.717, 1.165) is 18.6 Å². The molecule has 3 saturated heterocycles. The van der Waals surface area contributed by atoms with Crippen LogP contribution in [0, 0.1) is 11.8 Å².